The Morgan fingerprint density at radius 3 is 2.58 bits per heavy atom. The van der Waals surface area contributed by atoms with E-state index in [9.17, 15) is 9.59 Å². The minimum atomic E-state index is -0.821. The molecule has 0 fully saturated rings. The van der Waals surface area contributed by atoms with Crippen LogP contribution in [0.5, 0.6) is 0 Å². The molecule has 1 rings (SSSR count). The van der Waals surface area contributed by atoms with Crippen molar-refractivity contribution in [3.8, 4) is 0 Å². The van der Waals surface area contributed by atoms with E-state index in [2.05, 4.69) is 16.4 Å². The monoisotopic (exact) mass is 170 g/mol. The van der Waals surface area contributed by atoms with E-state index in [4.69, 9.17) is 0 Å². The zero-order valence-corrected chi connectivity index (χ0v) is 6.77. The fourth-order valence-corrected chi connectivity index (χ4v) is 0.627. The summed E-state index contributed by atoms with van der Waals surface area (Å²) < 4.78 is 5.04. The van der Waals surface area contributed by atoms with Gasteiger partial charge < -0.3 is 9.32 Å². The first-order chi connectivity index (χ1) is 5.52. The molecule has 0 atom stereocenters. The molecule has 0 saturated heterocycles. The molecule has 0 aliphatic carbocycles. The summed E-state index contributed by atoms with van der Waals surface area (Å²) in [5, 5.41) is 3.47. The van der Waals surface area contributed by atoms with Crippen LogP contribution in [0.3, 0.4) is 0 Å². The Morgan fingerprint density at radius 1 is 1.67 bits per heavy atom. The van der Waals surface area contributed by atoms with Gasteiger partial charge in [-0.2, -0.15) is 0 Å². The van der Waals surface area contributed by atoms with Gasteiger partial charge in [0.05, 0.1) is 0 Å². The predicted molar refractivity (Wildman–Crippen MR) is 39.7 cm³/mol. The maximum atomic E-state index is 11.1. The third kappa shape index (κ3) is 1.36. The summed E-state index contributed by atoms with van der Waals surface area (Å²) in [7, 11) is 3.01. The first-order valence-electron chi connectivity index (χ1n) is 3.16. The lowest BCUT2D eigenvalue weighted by atomic mass is 10.8. The van der Waals surface area contributed by atoms with E-state index in [0.717, 1.165) is 0 Å². The molecule has 0 aliphatic heterocycles. The summed E-state index contributed by atoms with van der Waals surface area (Å²) in [6.07, 6.45) is 0. The fraction of sp³-hybridized carbons (Fsp3) is 0.333. The molecule has 0 bridgehead atoms. The lowest BCUT2D eigenvalue weighted by Crippen LogP contribution is -2.34. The number of carbonyl (C=O) groups excluding carboxylic acids is 1. The molecule has 0 saturated carbocycles. The van der Waals surface area contributed by atoms with Gasteiger partial charge in [-0.3, -0.25) is 0 Å². The minimum Gasteiger partial charge on any atom is -0.392 e. The van der Waals surface area contributed by atoms with Gasteiger partial charge in [-0.05, 0) is 0 Å². The Balaban J connectivity index is 3.11. The Kier molecular flexibility index (Phi) is 1.99. The van der Waals surface area contributed by atoms with Crippen molar-refractivity contribution in [2.75, 3.05) is 14.1 Å². The molecule has 12 heavy (non-hydrogen) atoms. The Morgan fingerprint density at radius 2 is 2.25 bits per heavy atom. The van der Waals surface area contributed by atoms with Crippen LogP contribution in [0.4, 0.5) is 4.79 Å². The molecule has 0 aromatic carbocycles. The zero-order chi connectivity index (χ0) is 9.30. The van der Waals surface area contributed by atoms with Crippen molar-refractivity contribution in [1.82, 2.24) is 14.7 Å². The van der Waals surface area contributed by atoms with Crippen LogP contribution in [0.15, 0.2) is 9.21 Å². The van der Waals surface area contributed by atoms with Gasteiger partial charge in [-0.1, -0.05) is 0 Å². The highest BCUT2D eigenvalue weighted by atomic mass is 16.4. The average Bonchev–Trinajstić information content (AvgIpc) is 2.28. The minimum absolute atomic E-state index is 0.0739. The summed E-state index contributed by atoms with van der Waals surface area (Å²) in [6, 6.07) is -0.557. The number of amides is 1. The smallest absolute Gasteiger partial charge is 0.392 e. The van der Waals surface area contributed by atoms with Crippen molar-refractivity contribution < 1.29 is 9.21 Å². The number of hydrogen-bond donors (Lipinski definition) is 0. The molecule has 1 aromatic rings. The number of rotatable bonds is 0. The summed E-state index contributed by atoms with van der Waals surface area (Å²) in [5.41, 5.74) is 0. The number of carbonyl (C=O) groups is 1. The van der Waals surface area contributed by atoms with Crippen LogP contribution in [0.25, 0.3) is 0 Å². The highest BCUT2D eigenvalue weighted by molar-refractivity contribution is 5.74. The molecule has 0 aliphatic rings. The Labute approximate surface area is 68.4 Å². The number of aromatic nitrogens is 2. The van der Waals surface area contributed by atoms with Crippen molar-refractivity contribution in [3.05, 3.63) is 23.4 Å². The van der Waals surface area contributed by atoms with Gasteiger partial charge in [0.25, 0.3) is 0 Å². The molecule has 0 N–H and O–H groups in total. The van der Waals surface area contributed by atoms with Gasteiger partial charge in [-0.15, -0.1) is 9.78 Å². The molecule has 0 unspecified atom stereocenters. The number of hydrogen-bond acceptors (Lipinski definition) is 4. The van der Waals surface area contributed by atoms with Crippen molar-refractivity contribution in [2.24, 2.45) is 0 Å². The van der Waals surface area contributed by atoms with Crippen molar-refractivity contribution >= 4 is 6.03 Å². The number of nitrogens with zero attached hydrogens (tertiary/aromatic N) is 3. The van der Waals surface area contributed by atoms with Gasteiger partial charge in [0.1, 0.15) is 0 Å². The molecule has 1 amide bonds. The van der Waals surface area contributed by atoms with Gasteiger partial charge in [0.15, 0.2) is 0 Å². The molecular weight excluding hydrogens is 162 g/mol. The molecule has 6 nitrogen and oxygen atoms in total. The average molecular weight is 170 g/mol. The van der Waals surface area contributed by atoms with Crippen molar-refractivity contribution in [3.63, 3.8) is 0 Å². The van der Waals surface area contributed by atoms with Crippen LogP contribution in [-0.2, 0) is 0 Å². The largest absolute Gasteiger partial charge is 0.446 e. The molecule has 1 heterocycles. The van der Waals surface area contributed by atoms with Crippen LogP contribution in [0, 0.1) is 6.92 Å². The molecule has 1 radical (unpaired) electrons. The van der Waals surface area contributed by atoms with Gasteiger partial charge >= 0.3 is 11.8 Å². The highest BCUT2D eigenvalue weighted by Gasteiger charge is 2.13. The first kappa shape index (κ1) is 8.51. The van der Waals surface area contributed by atoms with Crippen LogP contribution >= 0.6 is 0 Å². The fourth-order valence-electron chi connectivity index (χ4n) is 0.627. The standard InChI is InChI=1S/C6H8N3O3/c1-4-7-9(6(11)12-4)5(10)8(2)3/h1H2,2-3H3. The molecule has 6 heteroatoms. The first-order valence-corrected chi connectivity index (χ1v) is 3.16. The molecule has 1 aromatic heterocycles. The van der Waals surface area contributed by atoms with E-state index in [1.165, 1.54) is 19.0 Å². The topological polar surface area (TPSA) is 68.3 Å². The van der Waals surface area contributed by atoms with E-state index in [-0.39, 0.29) is 5.89 Å². The van der Waals surface area contributed by atoms with Crippen molar-refractivity contribution in [2.45, 2.75) is 0 Å². The second kappa shape index (κ2) is 2.80. The van der Waals surface area contributed by atoms with Crippen LogP contribution in [0.1, 0.15) is 5.89 Å². The zero-order valence-electron chi connectivity index (χ0n) is 6.77. The maximum absolute atomic E-state index is 11.1. The van der Waals surface area contributed by atoms with Gasteiger partial charge in [0, 0.05) is 21.0 Å². The SMILES string of the molecule is [CH2]c1nn(C(=O)N(C)C)c(=O)o1. The van der Waals surface area contributed by atoms with Gasteiger partial charge in [-0.25, -0.2) is 9.59 Å². The second-order valence-corrected chi connectivity index (χ2v) is 2.35. The third-order valence-corrected chi connectivity index (χ3v) is 1.15. The molecular formula is C6H8N3O3. The predicted octanol–water partition coefficient (Wildman–Crippen LogP) is -0.452. The normalized spacial score (nSPS) is 9.92. The van der Waals surface area contributed by atoms with E-state index in [0.29, 0.717) is 4.68 Å². The van der Waals surface area contributed by atoms with E-state index in [1.54, 1.807) is 0 Å². The molecule has 0 spiro atoms. The van der Waals surface area contributed by atoms with E-state index in [1.807, 2.05) is 0 Å². The highest BCUT2D eigenvalue weighted by Crippen LogP contribution is 1.88. The second-order valence-electron chi connectivity index (χ2n) is 2.35. The van der Waals surface area contributed by atoms with Crippen molar-refractivity contribution in [1.29, 1.82) is 0 Å². The third-order valence-electron chi connectivity index (χ3n) is 1.15. The summed E-state index contributed by atoms with van der Waals surface area (Å²) >= 11 is 0. The quantitative estimate of drug-likeness (QED) is 0.528. The Bertz CT molecular complexity index is 349. The van der Waals surface area contributed by atoms with E-state index < -0.39 is 11.8 Å². The van der Waals surface area contributed by atoms with Gasteiger partial charge in [0.2, 0.25) is 5.89 Å². The molecule has 65 valence electrons. The maximum Gasteiger partial charge on any atom is 0.446 e. The lowest BCUT2D eigenvalue weighted by molar-refractivity contribution is 0.214. The van der Waals surface area contributed by atoms with E-state index >= 15 is 0 Å². The van der Waals surface area contributed by atoms with Crippen LogP contribution in [0.2, 0.25) is 0 Å². The van der Waals surface area contributed by atoms with Crippen LogP contribution < -0.4 is 5.76 Å². The summed E-state index contributed by atoms with van der Waals surface area (Å²) in [4.78, 5) is 23.2. The Hall–Kier alpha value is -1.59. The summed E-state index contributed by atoms with van der Waals surface area (Å²) in [5.74, 6) is -0.895. The lowest BCUT2D eigenvalue weighted by Gasteiger charge is -2.06. The summed E-state index contributed by atoms with van der Waals surface area (Å²) in [6.45, 7) is 3.27. The van der Waals surface area contributed by atoms with Crippen LogP contribution in [-0.4, -0.2) is 34.8 Å².